The van der Waals surface area contributed by atoms with Gasteiger partial charge in [0.2, 0.25) is 0 Å². The van der Waals surface area contributed by atoms with Crippen LogP contribution in [0.5, 0.6) is 5.75 Å². The molecule has 0 atom stereocenters. The van der Waals surface area contributed by atoms with Crippen molar-refractivity contribution in [2.45, 2.75) is 19.5 Å². The molecule has 9 heteroatoms. The lowest BCUT2D eigenvalue weighted by Gasteiger charge is -2.34. The van der Waals surface area contributed by atoms with Crippen LogP contribution in [-0.4, -0.2) is 63.1 Å². The van der Waals surface area contributed by atoms with E-state index in [9.17, 15) is 13.6 Å². The van der Waals surface area contributed by atoms with E-state index in [1.807, 2.05) is 42.5 Å². The van der Waals surface area contributed by atoms with Gasteiger partial charge in [-0.3, -0.25) is 4.79 Å². The first-order valence-electron chi connectivity index (χ1n) is 13.7. The van der Waals surface area contributed by atoms with E-state index in [0.717, 1.165) is 54.8 Å². The molecule has 1 N–H and O–H groups in total. The van der Waals surface area contributed by atoms with E-state index in [0.29, 0.717) is 37.0 Å². The van der Waals surface area contributed by atoms with E-state index >= 15 is 0 Å². The molecule has 0 bridgehead atoms. The number of nitrogens with one attached hydrogen (secondary N) is 1. The van der Waals surface area contributed by atoms with Crippen molar-refractivity contribution in [2.24, 2.45) is 4.99 Å². The van der Waals surface area contributed by atoms with Crippen molar-refractivity contribution in [1.29, 1.82) is 0 Å². The van der Waals surface area contributed by atoms with Gasteiger partial charge in [-0.2, -0.15) is 13.8 Å². The van der Waals surface area contributed by atoms with Crippen LogP contribution < -0.4 is 15.0 Å². The summed E-state index contributed by atoms with van der Waals surface area (Å²) in [6.45, 7) is 6.55. The Bertz CT molecular complexity index is 1410. The summed E-state index contributed by atoms with van der Waals surface area (Å²) >= 11 is 0. The molecule has 0 unspecified atom stereocenters. The lowest BCUT2D eigenvalue weighted by molar-refractivity contribution is 0.0518. The number of amidine groups is 1. The van der Waals surface area contributed by atoms with Gasteiger partial charge >= 0.3 is 0 Å². The zero-order valence-corrected chi connectivity index (χ0v) is 23.3. The smallest absolute Gasteiger partial charge is 0.291 e. The highest BCUT2D eigenvalue weighted by Gasteiger charge is 2.27. The number of fused-ring (bicyclic) bond motifs is 1. The van der Waals surface area contributed by atoms with Crippen molar-refractivity contribution in [1.82, 2.24) is 4.90 Å². The average molecular weight is 561 g/mol. The number of allylic oxidation sites excluding steroid dienone is 2. The quantitative estimate of drug-likeness (QED) is 0.253. The van der Waals surface area contributed by atoms with Crippen LogP contribution in [0.15, 0.2) is 83.9 Å². The topological polar surface area (TPSA) is 66.4 Å². The Kier molecular flexibility index (Phi) is 8.75. The highest BCUT2D eigenvalue weighted by molar-refractivity contribution is 6.25. The van der Waals surface area contributed by atoms with Crippen LogP contribution in [0, 0.1) is 0 Å². The normalized spacial score (nSPS) is 16.4. The van der Waals surface area contributed by atoms with E-state index in [4.69, 9.17) is 9.47 Å². The largest absolute Gasteiger partial charge is 0.491 e. The molecule has 5 rings (SSSR count). The van der Waals surface area contributed by atoms with Crippen molar-refractivity contribution in [3.63, 3.8) is 0 Å². The van der Waals surface area contributed by atoms with Crippen molar-refractivity contribution < 1.29 is 23.0 Å². The van der Waals surface area contributed by atoms with E-state index in [1.165, 1.54) is 18.2 Å². The molecule has 2 heterocycles. The third-order valence-electron chi connectivity index (χ3n) is 7.18. The number of hydrogen-bond acceptors (Lipinski definition) is 5. The number of amides is 1. The van der Waals surface area contributed by atoms with E-state index in [-0.39, 0.29) is 11.5 Å². The first-order valence-corrected chi connectivity index (χ1v) is 13.7. The number of halogens is 2. The molecule has 2 aliphatic rings. The maximum Gasteiger partial charge on any atom is 0.291 e. The van der Waals surface area contributed by atoms with Crippen molar-refractivity contribution >= 4 is 23.1 Å². The number of carbonyl (C=O) groups is 1. The zero-order valence-electron chi connectivity index (χ0n) is 23.3. The number of aliphatic imine (C=N–C) groups is 1. The predicted molar refractivity (Wildman–Crippen MR) is 157 cm³/mol. The number of benzene rings is 3. The van der Waals surface area contributed by atoms with Gasteiger partial charge in [-0.1, -0.05) is 30.3 Å². The van der Waals surface area contributed by atoms with Gasteiger partial charge in [0.1, 0.15) is 18.2 Å². The first-order chi connectivity index (χ1) is 19.8. The molecule has 1 amide bonds. The van der Waals surface area contributed by atoms with Crippen LogP contribution in [0.2, 0.25) is 0 Å². The lowest BCUT2D eigenvalue weighted by atomic mass is 10.0. The summed E-state index contributed by atoms with van der Waals surface area (Å²) in [5.74, 6) is -2.06. The second-order valence-corrected chi connectivity index (χ2v) is 10.2. The van der Waals surface area contributed by atoms with E-state index in [1.54, 1.807) is 19.1 Å². The summed E-state index contributed by atoms with van der Waals surface area (Å²) in [4.78, 5) is 21.6. The fourth-order valence-electron chi connectivity index (χ4n) is 4.73. The van der Waals surface area contributed by atoms with Crippen LogP contribution in [0.1, 0.15) is 34.0 Å². The number of carbonyl (C=O) groups excluding carboxylic acids is 1. The molecule has 214 valence electrons. The van der Waals surface area contributed by atoms with Gasteiger partial charge in [0.05, 0.1) is 18.9 Å². The Morgan fingerprint density at radius 2 is 1.73 bits per heavy atom. The van der Waals surface area contributed by atoms with Crippen LogP contribution in [0.3, 0.4) is 0 Å². The van der Waals surface area contributed by atoms with Gasteiger partial charge in [-0.25, -0.2) is 0 Å². The second-order valence-electron chi connectivity index (χ2n) is 10.2. The Balaban J connectivity index is 1.06. The molecule has 41 heavy (non-hydrogen) atoms. The molecule has 3 aromatic rings. The molecular formula is C32H34F2N4O3. The Hall–Kier alpha value is -4.08. The summed E-state index contributed by atoms with van der Waals surface area (Å²) in [6.07, 6.45) is 2.22. The van der Waals surface area contributed by atoms with Crippen LogP contribution in [0.25, 0.3) is 0 Å². The molecule has 0 radical (unpaired) electrons. The number of alkyl halides is 2. The highest BCUT2D eigenvalue weighted by Crippen LogP contribution is 2.31. The standard InChI is InChI=1S/C32H34F2N4O3/c1-3-14-32(33,34)25-8-4-23(5-9-25)22-40-19-20-41-27-12-13-28-29(21-27)35-30(28)36-31(39)24-6-10-26(11-7-24)38-17-15-37(2)16-18-38/h3-14,21H,15-20,22H2,1-2H3,(H,35,36,39). The van der Waals surface area contributed by atoms with Gasteiger partial charge in [0.25, 0.3) is 11.8 Å². The van der Waals surface area contributed by atoms with Gasteiger partial charge < -0.3 is 24.6 Å². The molecule has 2 aliphatic heterocycles. The SMILES string of the molecule is CC=CC(F)(F)c1ccc(COCCOc2ccc3c(c2)NC3=NC(=O)c2ccc(N3CCN(C)CC3)cc2)cc1. The number of piperazine rings is 1. The molecule has 1 fully saturated rings. The molecule has 0 aliphatic carbocycles. The molecule has 7 nitrogen and oxygen atoms in total. The number of nitrogens with zero attached hydrogens (tertiary/aromatic N) is 3. The van der Waals surface area contributed by atoms with Gasteiger partial charge in [0.15, 0.2) is 0 Å². The molecule has 0 saturated carbocycles. The Morgan fingerprint density at radius 1 is 1.00 bits per heavy atom. The summed E-state index contributed by atoms with van der Waals surface area (Å²) in [7, 11) is 2.13. The Labute approximate surface area is 239 Å². The minimum atomic E-state index is -2.98. The minimum absolute atomic E-state index is 0.0510. The van der Waals surface area contributed by atoms with Crippen LogP contribution in [-0.2, 0) is 17.3 Å². The molecule has 3 aromatic carbocycles. The fourth-order valence-corrected chi connectivity index (χ4v) is 4.73. The number of ether oxygens (including phenoxy) is 2. The third-order valence-corrected chi connectivity index (χ3v) is 7.18. The highest BCUT2D eigenvalue weighted by atomic mass is 19.3. The Morgan fingerprint density at radius 3 is 2.41 bits per heavy atom. The monoisotopic (exact) mass is 560 g/mol. The minimum Gasteiger partial charge on any atom is -0.491 e. The fraction of sp³-hybridized carbons (Fsp3) is 0.312. The second kappa shape index (κ2) is 12.6. The summed E-state index contributed by atoms with van der Waals surface area (Å²) < 4.78 is 39.2. The molecule has 1 saturated heterocycles. The number of anilines is 2. The summed E-state index contributed by atoms with van der Waals surface area (Å²) in [5.41, 5.74) is 4.13. The molecular weight excluding hydrogens is 526 g/mol. The van der Waals surface area contributed by atoms with E-state index < -0.39 is 5.92 Å². The molecule has 0 aromatic heterocycles. The number of rotatable bonds is 10. The molecule has 0 spiro atoms. The van der Waals surface area contributed by atoms with E-state index in [2.05, 4.69) is 27.2 Å². The number of hydrogen-bond donors (Lipinski definition) is 1. The van der Waals surface area contributed by atoms with Crippen LogP contribution in [0.4, 0.5) is 20.2 Å². The summed E-state index contributed by atoms with van der Waals surface area (Å²) in [6, 6.07) is 19.3. The van der Waals surface area contributed by atoms with Gasteiger partial charge in [-0.15, -0.1) is 0 Å². The van der Waals surface area contributed by atoms with Crippen molar-refractivity contribution in [3.05, 3.63) is 101 Å². The van der Waals surface area contributed by atoms with Gasteiger partial charge in [0, 0.05) is 54.6 Å². The van der Waals surface area contributed by atoms with Crippen LogP contribution >= 0.6 is 0 Å². The number of likely N-dealkylation sites (N-methyl/N-ethyl adjacent to an activating group) is 1. The maximum absolute atomic E-state index is 13.9. The summed E-state index contributed by atoms with van der Waals surface area (Å²) in [5, 5.41) is 3.13. The third kappa shape index (κ3) is 6.99. The van der Waals surface area contributed by atoms with Crippen molar-refractivity contribution in [2.75, 3.05) is 56.7 Å². The predicted octanol–water partition coefficient (Wildman–Crippen LogP) is 5.71. The van der Waals surface area contributed by atoms with Gasteiger partial charge in [-0.05, 0) is 62.0 Å². The first kappa shape index (κ1) is 28.4. The average Bonchev–Trinajstić information content (AvgIpc) is 2.96. The zero-order chi connectivity index (χ0) is 28.8. The maximum atomic E-state index is 13.9. The lowest BCUT2D eigenvalue weighted by Crippen LogP contribution is -2.44. The van der Waals surface area contributed by atoms with Crippen molar-refractivity contribution in [3.8, 4) is 5.75 Å².